The molecule has 1 amide bonds. The Bertz CT molecular complexity index is 1220. The minimum atomic E-state index is -1.12. The Kier molecular flexibility index (Phi) is 5.83. The first-order valence-corrected chi connectivity index (χ1v) is 11.9. The van der Waals surface area contributed by atoms with Crippen molar-refractivity contribution < 1.29 is 29.3 Å². The van der Waals surface area contributed by atoms with Crippen LogP contribution in [-0.2, 0) is 9.53 Å². The van der Waals surface area contributed by atoms with Gasteiger partial charge in [-0.15, -0.1) is 11.8 Å². The van der Waals surface area contributed by atoms with Gasteiger partial charge in [0.1, 0.15) is 18.0 Å². The number of carbonyl (C=O) groups is 2. The molecule has 7 nitrogen and oxygen atoms in total. The average Bonchev–Trinajstić information content (AvgIpc) is 3.43. The van der Waals surface area contributed by atoms with Crippen molar-refractivity contribution in [3.63, 3.8) is 0 Å². The lowest BCUT2D eigenvalue weighted by molar-refractivity contribution is -0.141. The third-order valence-electron chi connectivity index (χ3n) is 6.35. The topological polar surface area (TPSA) is 96.3 Å². The van der Waals surface area contributed by atoms with Crippen molar-refractivity contribution >= 4 is 23.8 Å². The molecule has 3 aromatic rings. The standard InChI is InChI=1S/C26H23NO6S/c1-32-22-12-6-11-19(23(22)28)24-27(21(14-34-24)25(29)30)26(31)33-13-20-17-9-4-2-7-15(17)16-8-3-5-10-18(16)20/h2-12,20-21,24,28H,13-14H2,1H3,(H,29,30)/t21-,24?/m1/s1. The number of phenolic OH excluding ortho intramolecular Hbond substituents is 1. The van der Waals surface area contributed by atoms with Gasteiger partial charge < -0.3 is 19.7 Å². The predicted molar refractivity (Wildman–Crippen MR) is 128 cm³/mol. The first kappa shape index (κ1) is 22.2. The van der Waals surface area contributed by atoms with Crippen LogP contribution in [0.4, 0.5) is 4.79 Å². The number of fused-ring (bicyclic) bond motifs is 3. The van der Waals surface area contributed by atoms with Crippen LogP contribution in [0.15, 0.2) is 66.7 Å². The van der Waals surface area contributed by atoms with Crippen molar-refractivity contribution in [1.82, 2.24) is 4.90 Å². The molecule has 174 valence electrons. The minimum Gasteiger partial charge on any atom is -0.504 e. The number of para-hydroxylation sites is 1. The van der Waals surface area contributed by atoms with E-state index in [1.165, 1.54) is 23.8 Å². The fourth-order valence-electron chi connectivity index (χ4n) is 4.73. The van der Waals surface area contributed by atoms with Crippen molar-refractivity contribution in [2.24, 2.45) is 0 Å². The minimum absolute atomic E-state index is 0.0805. The summed E-state index contributed by atoms with van der Waals surface area (Å²) in [4.78, 5) is 26.4. The molecule has 5 rings (SSSR count). The number of phenols is 1. The van der Waals surface area contributed by atoms with Crippen LogP contribution in [0.5, 0.6) is 11.5 Å². The lowest BCUT2D eigenvalue weighted by Gasteiger charge is -2.28. The summed E-state index contributed by atoms with van der Waals surface area (Å²) >= 11 is 1.27. The van der Waals surface area contributed by atoms with E-state index in [1.54, 1.807) is 18.2 Å². The number of thioether (sulfide) groups is 1. The number of rotatable bonds is 5. The van der Waals surface area contributed by atoms with Crippen LogP contribution >= 0.6 is 11.8 Å². The van der Waals surface area contributed by atoms with Crippen molar-refractivity contribution in [3.05, 3.63) is 83.4 Å². The number of aliphatic carboxylic acids is 1. The molecule has 0 bridgehead atoms. The summed E-state index contributed by atoms with van der Waals surface area (Å²) in [6, 6.07) is 19.9. The highest BCUT2D eigenvalue weighted by molar-refractivity contribution is 7.99. The largest absolute Gasteiger partial charge is 0.504 e. The van der Waals surface area contributed by atoms with Gasteiger partial charge in [-0.1, -0.05) is 60.7 Å². The zero-order chi connectivity index (χ0) is 23.8. The Morgan fingerprint density at radius 2 is 1.59 bits per heavy atom. The number of carbonyl (C=O) groups excluding carboxylic acids is 1. The van der Waals surface area contributed by atoms with E-state index in [4.69, 9.17) is 9.47 Å². The number of carboxylic acids is 1. The van der Waals surface area contributed by atoms with Gasteiger partial charge in [0, 0.05) is 17.2 Å². The molecule has 1 aliphatic heterocycles. The monoisotopic (exact) mass is 477 g/mol. The summed E-state index contributed by atoms with van der Waals surface area (Å²) in [7, 11) is 1.43. The molecular weight excluding hydrogens is 454 g/mol. The smallest absolute Gasteiger partial charge is 0.411 e. The highest BCUT2D eigenvalue weighted by atomic mass is 32.2. The molecule has 3 aromatic carbocycles. The van der Waals surface area contributed by atoms with E-state index in [2.05, 4.69) is 12.1 Å². The lowest BCUT2D eigenvalue weighted by Crippen LogP contribution is -2.43. The second-order valence-corrected chi connectivity index (χ2v) is 9.26. The number of nitrogens with zero attached hydrogens (tertiary/aromatic N) is 1. The number of carboxylic acid groups (broad SMARTS) is 1. The van der Waals surface area contributed by atoms with Crippen LogP contribution in [0.1, 0.15) is 28.0 Å². The summed E-state index contributed by atoms with van der Waals surface area (Å²) in [5.74, 6) is -0.945. The highest BCUT2D eigenvalue weighted by Crippen LogP contribution is 2.48. The van der Waals surface area contributed by atoms with Crippen LogP contribution in [-0.4, -0.2) is 52.7 Å². The molecule has 8 heteroatoms. The zero-order valence-electron chi connectivity index (χ0n) is 18.4. The normalized spacial score (nSPS) is 18.9. The second-order valence-electron chi connectivity index (χ2n) is 8.15. The van der Waals surface area contributed by atoms with Gasteiger partial charge in [0.05, 0.1) is 7.11 Å². The van der Waals surface area contributed by atoms with Crippen LogP contribution in [0.25, 0.3) is 11.1 Å². The molecule has 2 N–H and O–H groups in total. The highest BCUT2D eigenvalue weighted by Gasteiger charge is 2.45. The molecule has 0 spiro atoms. The van der Waals surface area contributed by atoms with Crippen molar-refractivity contribution in [1.29, 1.82) is 0 Å². The van der Waals surface area contributed by atoms with Crippen LogP contribution < -0.4 is 4.74 Å². The molecule has 0 aromatic heterocycles. The van der Waals surface area contributed by atoms with E-state index < -0.39 is 23.5 Å². The number of aromatic hydroxyl groups is 1. The van der Waals surface area contributed by atoms with E-state index >= 15 is 0 Å². The van der Waals surface area contributed by atoms with Gasteiger partial charge in [-0.2, -0.15) is 0 Å². The maximum absolute atomic E-state index is 13.3. The van der Waals surface area contributed by atoms with E-state index in [0.717, 1.165) is 22.3 Å². The fraction of sp³-hybridized carbons (Fsp3) is 0.231. The van der Waals surface area contributed by atoms with Crippen LogP contribution in [0.3, 0.4) is 0 Å². The zero-order valence-corrected chi connectivity index (χ0v) is 19.2. The van der Waals surface area contributed by atoms with Gasteiger partial charge >= 0.3 is 12.1 Å². The molecule has 2 atom stereocenters. The number of amides is 1. The van der Waals surface area contributed by atoms with Gasteiger partial charge in [0.25, 0.3) is 0 Å². The summed E-state index contributed by atoms with van der Waals surface area (Å²) in [6.45, 7) is 0.0805. The molecular formula is C26H23NO6S. The van der Waals surface area contributed by atoms with Gasteiger partial charge in [-0.25, -0.2) is 9.59 Å². The van der Waals surface area contributed by atoms with E-state index in [0.29, 0.717) is 5.56 Å². The molecule has 0 radical (unpaired) electrons. The van der Waals surface area contributed by atoms with E-state index in [-0.39, 0.29) is 29.8 Å². The molecule has 1 saturated heterocycles. The number of methoxy groups -OCH3 is 1. The van der Waals surface area contributed by atoms with Crippen molar-refractivity contribution in [2.75, 3.05) is 19.5 Å². The Morgan fingerprint density at radius 3 is 2.21 bits per heavy atom. The maximum atomic E-state index is 13.3. The van der Waals surface area contributed by atoms with E-state index in [1.807, 2.05) is 36.4 Å². The number of ether oxygens (including phenoxy) is 2. The summed E-state index contributed by atoms with van der Waals surface area (Å²) in [6.07, 6.45) is -0.730. The molecule has 34 heavy (non-hydrogen) atoms. The van der Waals surface area contributed by atoms with Crippen LogP contribution in [0, 0.1) is 0 Å². The molecule has 2 aliphatic rings. The maximum Gasteiger partial charge on any atom is 0.411 e. The Morgan fingerprint density at radius 1 is 0.971 bits per heavy atom. The molecule has 1 unspecified atom stereocenters. The van der Waals surface area contributed by atoms with Gasteiger partial charge in [-0.3, -0.25) is 4.90 Å². The summed E-state index contributed by atoms with van der Waals surface area (Å²) in [5.41, 5.74) is 4.77. The first-order chi connectivity index (χ1) is 16.5. The molecule has 1 aliphatic carbocycles. The molecule has 1 heterocycles. The lowest BCUT2D eigenvalue weighted by atomic mass is 9.98. The molecule has 1 fully saturated rings. The molecule has 0 saturated carbocycles. The Hall–Kier alpha value is -3.65. The predicted octanol–water partition coefficient (Wildman–Crippen LogP) is 4.85. The summed E-state index contributed by atoms with van der Waals surface area (Å²) in [5, 5.41) is 19.7. The average molecular weight is 478 g/mol. The third-order valence-corrected chi connectivity index (χ3v) is 7.65. The van der Waals surface area contributed by atoms with Gasteiger partial charge in [-0.05, 0) is 28.3 Å². The number of hydrogen-bond acceptors (Lipinski definition) is 6. The van der Waals surface area contributed by atoms with Crippen molar-refractivity contribution in [2.45, 2.75) is 17.3 Å². The van der Waals surface area contributed by atoms with Gasteiger partial charge in [0.2, 0.25) is 0 Å². The van der Waals surface area contributed by atoms with Crippen LogP contribution in [0.2, 0.25) is 0 Å². The van der Waals surface area contributed by atoms with E-state index in [9.17, 15) is 19.8 Å². The Labute approximate surface area is 200 Å². The fourth-order valence-corrected chi connectivity index (χ4v) is 6.16. The Balaban J connectivity index is 1.42. The SMILES string of the molecule is COc1cccc(C2SC[C@H](C(=O)O)N2C(=O)OCC2c3ccccc3-c3ccccc32)c1O. The van der Waals surface area contributed by atoms with Crippen molar-refractivity contribution in [3.8, 4) is 22.6 Å². The second kappa shape index (κ2) is 8.95. The quantitative estimate of drug-likeness (QED) is 0.542. The third kappa shape index (κ3) is 3.64. The number of benzene rings is 3. The summed E-state index contributed by atoms with van der Waals surface area (Å²) < 4.78 is 10.9. The first-order valence-electron chi connectivity index (χ1n) is 10.8. The van der Waals surface area contributed by atoms with Gasteiger partial charge in [0.15, 0.2) is 11.5 Å². The number of hydrogen-bond donors (Lipinski definition) is 2.